The Kier molecular flexibility index (Phi) is 6.12. The second-order valence-corrected chi connectivity index (χ2v) is 2.44. The van der Waals surface area contributed by atoms with Gasteiger partial charge in [0.15, 0.2) is 5.92 Å². The smallest absolute Gasteiger partial charge is 0.323 e. The second-order valence-electron chi connectivity index (χ2n) is 2.44. The molecule has 0 aliphatic rings. The average Bonchev–Trinajstić information content (AvgIpc) is 2.15. The minimum atomic E-state index is -1.06. The summed E-state index contributed by atoms with van der Waals surface area (Å²) in [4.78, 5) is 22.0. The van der Waals surface area contributed by atoms with Crippen molar-refractivity contribution in [3.8, 4) is 6.07 Å². The molecule has 0 aromatic rings. The minimum absolute atomic E-state index is 0.194. The van der Waals surface area contributed by atoms with Gasteiger partial charge in [0.05, 0.1) is 25.7 Å². The van der Waals surface area contributed by atoms with Crippen LogP contribution >= 0.6 is 0 Å². The molecular formula is C9H13NO4. The third-order valence-corrected chi connectivity index (χ3v) is 1.40. The molecule has 0 saturated carbocycles. The molecule has 0 N–H and O–H groups in total. The third kappa shape index (κ3) is 4.45. The van der Waals surface area contributed by atoms with Gasteiger partial charge in [0.2, 0.25) is 0 Å². The quantitative estimate of drug-likeness (QED) is 0.607. The van der Waals surface area contributed by atoms with Gasteiger partial charge in [-0.25, -0.2) is 0 Å². The molecule has 0 bridgehead atoms. The molecule has 0 spiro atoms. The van der Waals surface area contributed by atoms with Crippen LogP contribution in [-0.4, -0.2) is 25.2 Å². The first-order chi connectivity index (χ1) is 6.65. The number of nitriles is 1. The third-order valence-electron chi connectivity index (χ3n) is 1.40. The standard InChI is InChI=1S/C9H13NO4/c1-3-13-8(11)5-7(6-10)9(12)14-4-2/h7H,3-5H2,1-2H3. The first-order valence-corrected chi connectivity index (χ1v) is 4.37. The molecule has 0 aliphatic carbocycles. The van der Waals surface area contributed by atoms with Crippen molar-refractivity contribution in [1.29, 1.82) is 5.26 Å². The maximum atomic E-state index is 11.1. The summed E-state index contributed by atoms with van der Waals surface area (Å²) in [5.41, 5.74) is 0. The second kappa shape index (κ2) is 6.89. The summed E-state index contributed by atoms with van der Waals surface area (Å²) in [6, 6.07) is 1.70. The van der Waals surface area contributed by atoms with Crippen molar-refractivity contribution in [3.63, 3.8) is 0 Å². The van der Waals surface area contributed by atoms with Crippen molar-refractivity contribution in [3.05, 3.63) is 0 Å². The normalized spacial score (nSPS) is 11.2. The Hall–Kier alpha value is -1.57. The van der Waals surface area contributed by atoms with Crippen LogP contribution < -0.4 is 0 Å². The summed E-state index contributed by atoms with van der Waals surface area (Å²) in [5.74, 6) is -2.30. The Bertz CT molecular complexity index is 244. The Balaban J connectivity index is 4.10. The number of nitrogens with zero attached hydrogens (tertiary/aromatic N) is 1. The van der Waals surface area contributed by atoms with E-state index in [0.717, 1.165) is 0 Å². The number of hydrogen-bond acceptors (Lipinski definition) is 5. The van der Waals surface area contributed by atoms with E-state index in [4.69, 9.17) is 5.26 Å². The number of ether oxygens (including phenoxy) is 2. The number of esters is 2. The molecule has 0 heterocycles. The van der Waals surface area contributed by atoms with Gasteiger partial charge < -0.3 is 9.47 Å². The summed E-state index contributed by atoms with van der Waals surface area (Å²) in [6.45, 7) is 3.72. The fraction of sp³-hybridized carbons (Fsp3) is 0.667. The van der Waals surface area contributed by atoms with Gasteiger partial charge in [-0.3, -0.25) is 9.59 Å². The van der Waals surface area contributed by atoms with Crippen molar-refractivity contribution < 1.29 is 19.1 Å². The van der Waals surface area contributed by atoms with Crippen molar-refractivity contribution in [1.82, 2.24) is 0 Å². The largest absolute Gasteiger partial charge is 0.466 e. The van der Waals surface area contributed by atoms with E-state index in [9.17, 15) is 9.59 Å². The molecule has 5 heteroatoms. The lowest BCUT2D eigenvalue weighted by Gasteiger charge is -2.07. The molecule has 1 atom stereocenters. The van der Waals surface area contributed by atoms with Crippen LogP contribution in [0, 0.1) is 17.2 Å². The Morgan fingerprint density at radius 3 is 2.29 bits per heavy atom. The fourth-order valence-electron chi connectivity index (χ4n) is 0.811. The zero-order valence-corrected chi connectivity index (χ0v) is 8.28. The van der Waals surface area contributed by atoms with Crippen LogP contribution in [0.5, 0.6) is 0 Å². The first-order valence-electron chi connectivity index (χ1n) is 4.37. The molecular weight excluding hydrogens is 186 g/mol. The zero-order chi connectivity index (χ0) is 11.0. The number of hydrogen-bond donors (Lipinski definition) is 0. The van der Waals surface area contributed by atoms with Crippen LogP contribution in [0.25, 0.3) is 0 Å². The first kappa shape index (κ1) is 12.4. The van der Waals surface area contributed by atoms with E-state index in [0.29, 0.717) is 0 Å². The van der Waals surface area contributed by atoms with Crippen LogP contribution in [0.2, 0.25) is 0 Å². The van der Waals surface area contributed by atoms with Gasteiger partial charge in [0.25, 0.3) is 0 Å². The highest BCUT2D eigenvalue weighted by atomic mass is 16.5. The van der Waals surface area contributed by atoms with Crippen molar-refractivity contribution in [2.24, 2.45) is 5.92 Å². The SMILES string of the molecule is CCOC(=O)CC(C#N)C(=O)OCC. The van der Waals surface area contributed by atoms with Crippen LogP contribution in [0.15, 0.2) is 0 Å². The predicted molar refractivity (Wildman–Crippen MR) is 47.0 cm³/mol. The Morgan fingerprint density at radius 2 is 1.86 bits per heavy atom. The Morgan fingerprint density at radius 1 is 1.29 bits per heavy atom. The van der Waals surface area contributed by atoms with E-state index >= 15 is 0 Å². The summed E-state index contributed by atoms with van der Waals surface area (Å²) in [6.07, 6.45) is -0.247. The van der Waals surface area contributed by atoms with E-state index in [-0.39, 0.29) is 19.6 Å². The van der Waals surface area contributed by atoms with Gasteiger partial charge in [-0.2, -0.15) is 5.26 Å². The summed E-state index contributed by atoms with van der Waals surface area (Å²) >= 11 is 0. The van der Waals surface area contributed by atoms with E-state index in [1.807, 2.05) is 0 Å². The lowest BCUT2D eigenvalue weighted by atomic mass is 10.1. The number of carbonyl (C=O) groups is 2. The molecule has 0 aromatic carbocycles. The van der Waals surface area contributed by atoms with E-state index in [1.165, 1.54) is 0 Å². The molecule has 0 amide bonds. The zero-order valence-electron chi connectivity index (χ0n) is 8.28. The molecule has 1 unspecified atom stereocenters. The maximum absolute atomic E-state index is 11.1. The highest BCUT2D eigenvalue weighted by Gasteiger charge is 2.23. The maximum Gasteiger partial charge on any atom is 0.323 e. The van der Waals surface area contributed by atoms with E-state index in [1.54, 1.807) is 19.9 Å². The fourth-order valence-corrected chi connectivity index (χ4v) is 0.811. The monoisotopic (exact) mass is 199 g/mol. The predicted octanol–water partition coefficient (Wildman–Crippen LogP) is 0.642. The average molecular weight is 199 g/mol. The highest BCUT2D eigenvalue weighted by molar-refractivity contribution is 5.82. The minimum Gasteiger partial charge on any atom is -0.466 e. The lowest BCUT2D eigenvalue weighted by Crippen LogP contribution is -2.20. The van der Waals surface area contributed by atoms with Crippen LogP contribution in [0.4, 0.5) is 0 Å². The van der Waals surface area contributed by atoms with Crippen molar-refractivity contribution in [2.75, 3.05) is 13.2 Å². The van der Waals surface area contributed by atoms with Gasteiger partial charge in [0.1, 0.15) is 0 Å². The van der Waals surface area contributed by atoms with E-state index < -0.39 is 17.9 Å². The van der Waals surface area contributed by atoms with Gasteiger partial charge in [-0.1, -0.05) is 0 Å². The van der Waals surface area contributed by atoms with Crippen LogP contribution in [0.3, 0.4) is 0 Å². The van der Waals surface area contributed by atoms with Crippen LogP contribution in [0.1, 0.15) is 20.3 Å². The van der Waals surface area contributed by atoms with Crippen LogP contribution in [-0.2, 0) is 19.1 Å². The molecule has 14 heavy (non-hydrogen) atoms. The highest BCUT2D eigenvalue weighted by Crippen LogP contribution is 2.05. The summed E-state index contributed by atoms with van der Waals surface area (Å²) in [7, 11) is 0. The lowest BCUT2D eigenvalue weighted by molar-refractivity contribution is -0.152. The number of carbonyl (C=O) groups excluding carboxylic acids is 2. The van der Waals surface area contributed by atoms with Gasteiger partial charge in [-0.05, 0) is 13.8 Å². The van der Waals surface area contributed by atoms with Gasteiger partial charge in [-0.15, -0.1) is 0 Å². The van der Waals surface area contributed by atoms with Gasteiger partial charge in [0, 0.05) is 0 Å². The van der Waals surface area contributed by atoms with E-state index in [2.05, 4.69) is 9.47 Å². The van der Waals surface area contributed by atoms with Gasteiger partial charge >= 0.3 is 11.9 Å². The number of rotatable bonds is 5. The Labute approximate surface area is 82.6 Å². The molecule has 0 fully saturated rings. The van der Waals surface area contributed by atoms with Crippen molar-refractivity contribution >= 4 is 11.9 Å². The molecule has 0 radical (unpaired) electrons. The summed E-state index contributed by atoms with van der Waals surface area (Å²) in [5, 5.41) is 8.58. The molecule has 5 nitrogen and oxygen atoms in total. The molecule has 0 aromatic heterocycles. The summed E-state index contributed by atoms with van der Waals surface area (Å²) < 4.78 is 9.21. The molecule has 78 valence electrons. The molecule has 0 rings (SSSR count). The van der Waals surface area contributed by atoms with Crippen molar-refractivity contribution in [2.45, 2.75) is 20.3 Å². The molecule has 0 saturated heterocycles. The topological polar surface area (TPSA) is 76.4 Å². The molecule has 0 aliphatic heterocycles.